The third-order valence-corrected chi connectivity index (χ3v) is 6.13. The van der Waals surface area contributed by atoms with Gasteiger partial charge in [-0.25, -0.2) is 0 Å². The van der Waals surface area contributed by atoms with E-state index in [1.54, 1.807) is 0 Å². The number of hydrogen-bond donors (Lipinski definition) is 2. The molecule has 1 aliphatic rings. The number of rotatable bonds is 7. The average Bonchev–Trinajstić information content (AvgIpc) is 2.69. The predicted octanol–water partition coefficient (Wildman–Crippen LogP) is 2.88. The van der Waals surface area contributed by atoms with Crippen LogP contribution in [0, 0.1) is 20.8 Å². The molecule has 2 aromatic carbocycles. The monoisotopic (exact) mass is 397 g/mol. The minimum absolute atomic E-state index is 0.355. The van der Waals surface area contributed by atoms with Gasteiger partial charge in [0.2, 0.25) is 0 Å². The Kier molecular flexibility index (Phi) is 7.20. The number of aliphatic hydroxyl groups excluding tert-OH is 1. The van der Waals surface area contributed by atoms with Gasteiger partial charge >= 0.3 is 0 Å². The Morgan fingerprint density at radius 2 is 1.79 bits per heavy atom. The minimum Gasteiger partial charge on any atom is -0.490 e. The first-order valence-corrected chi connectivity index (χ1v) is 10.9. The number of nitrogens with one attached hydrogen (secondary N) is 1. The summed E-state index contributed by atoms with van der Waals surface area (Å²) in [7, 11) is 0. The van der Waals surface area contributed by atoms with E-state index in [2.05, 4.69) is 75.9 Å². The Morgan fingerprint density at radius 3 is 2.48 bits per heavy atom. The standard InChI is InChI=1S/C25H36N2O2/c1-18(2)23-10-9-19(3)15-25(23)29-17-22(28)16-26-11-13-27(14-12-26)24-8-6-7-20(4)21(24)5/h6-10,15,18,22,28H,11-14,16-17H2,1-5H3/p+1/t22-/m0/s1. The van der Waals surface area contributed by atoms with Crippen LogP contribution in [0.1, 0.15) is 42.0 Å². The fraction of sp³-hybridized carbons (Fsp3) is 0.520. The van der Waals surface area contributed by atoms with Crippen molar-refractivity contribution in [3.8, 4) is 5.75 Å². The molecule has 0 radical (unpaired) electrons. The molecule has 0 amide bonds. The highest BCUT2D eigenvalue weighted by atomic mass is 16.5. The second-order valence-corrected chi connectivity index (χ2v) is 8.82. The van der Waals surface area contributed by atoms with Crippen LogP contribution in [-0.4, -0.2) is 50.5 Å². The van der Waals surface area contributed by atoms with Crippen LogP contribution in [0.15, 0.2) is 36.4 Å². The number of piperazine rings is 1. The molecule has 2 aromatic rings. The van der Waals surface area contributed by atoms with Crippen LogP contribution in [0.5, 0.6) is 5.75 Å². The van der Waals surface area contributed by atoms with Gasteiger partial charge in [0.05, 0.1) is 26.2 Å². The van der Waals surface area contributed by atoms with E-state index in [4.69, 9.17) is 4.74 Å². The fourth-order valence-electron chi connectivity index (χ4n) is 4.17. The van der Waals surface area contributed by atoms with E-state index in [-0.39, 0.29) is 0 Å². The number of anilines is 1. The van der Waals surface area contributed by atoms with Gasteiger partial charge in [0, 0.05) is 5.69 Å². The SMILES string of the molecule is Cc1ccc(C(C)C)c(OC[C@@H](O)C[NH+]2CCN(c3cccc(C)c3C)CC2)c1. The van der Waals surface area contributed by atoms with Gasteiger partial charge in [0.1, 0.15) is 25.0 Å². The zero-order chi connectivity index (χ0) is 21.0. The van der Waals surface area contributed by atoms with E-state index in [0.29, 0.717) is 12.5 Å². The molecule has 0 spiro atoms. The van der Waals surface area contributed by atoms with E-state index in [1.807, 2.05) is 0 Å². The molecule has 0 bridgehead atoms. The van der Waals surface area contributed by atoms with Crippen molar-refractivity contribution in [1.82, 2.24) is 0 Å². The maximum Gasteiger partial charge on any atom is 0.137 e. The highest BCUT2D eigenvalue weighted by Crippen LogP contribution is 2.27. The second kappa shape index (κ2) is 9.64. The molecule has 0 aliphatic carbocycles. The molecule has 4 nitrogen and oxygen atoms in total. The number of aliphatic hydroxyl groups is 1. The summed E-state index contributed by atoms with van der Waals surface area (Å²) in [5.41, 5.74) is 6.48. The summed E-state index contributed by atoms with van der Waals surface area (Å²) < 4.78 is 6.03. The quantitative estimate of drug-likeness (QED) is 0.754. The lowest BCUT2D eigenvalue weighted by atomic mass is 10.0. The molecule has 0 unspecified atom stereocenters. The van der Waals surface area contributed by atoms with Crippen molar-refractivity contribution in [3.63, 3.8) is 0 Å². The maximum absolute atomic E-state index is 10.6. The number of hydrogen-bond acceptors (Lipinski definition) is 3. The molecule has 4 heteroatoms. The number of aryl methyl sites for hydroxylation is 2. The van der Waals surface area contributed by atoms with Crippen molar-refractivity contribution in [2.75, 3.05) is 44.2 Å². The Morgan fingerprint density at radius 1 is 1.07 bits per heavy atom. The summed E-state index contributed by atoms with van der Waals surface area (Å²) in [5.74, 6) is 1.32. The molecule has 1 atom stereocenters. The third-order valence-electron chi connectivity index (χ3n) is 6.13. The van der Waals surface area contributed by atoms with Gasteiger partial charge in [0.15, 0.2) is 0 Å². The molecular formula is C25H37N2O2+. The van der Waals surface area contributed by atoms with Gasteiger partial charge in [-0.2, -0.15) is 0 Å². The van der Waals surface area contributed by atoms with Crippen LogP contribution < -0.4 is 14.5 Å². The van der Waals surface area contributed by atoms with Crippen molar-refractivity contribution in [3.05, 3.63) is 58.7 Å². The predicted molar refractivity (Wildman–Crippen MR) is 120 cm³/mol. The molecule has 158 valence electrons. The molecule has 1 saturated heterocycles. The lowest BCUT2D eigenvalue weighted by molar-refractivity contribution is -0.903. The van der Waals surface area contributed by atoms with Crippen molar-refractivity contribution < 1.29 is 14.7 Å². The average molecular weight is 398 g/mol. The Bertz CT molecular complexity index is 810. The molecule has 3 rings (SSSR count). The molecule has 0 saturated carbocycles. The van der Waals surface area contributed by atoms with Gasteiger partial charge in [-0.05, 0) is 61.1 Å². The van der Waals surface area contributed by atoms with Crippen molar-refractivity contribution in [1.29, 1.82) is 0 Å². The van der Waals surface area contributed by atoms with E-state index in [0.717, 1.165) is 38.5 Å². The number of quaternary nitrogens is 1. The van der Waals surface area contributed by atoms with Gasteiger partial charge in [-0.15, -0.1) is 0 Å². The third kappa shape index (κ3) is 5.52. The van der Waals surface area contributed by atoms with Crippen LogP contribution in [0.2, 0.25) is 0 Å². The van der Waals surface area contributed by atoms with Crippen LogP contribution in [0.4, 0.5) is 5.69 Å². The molecule has 1 heterocycles. The Balaban J connectivity index is 1.50. The van der Waals surface area contributed by atoms with Gasteiger partial charge in [-0.3, -0.25) is 0 Å². The fourth-order valence-corrected chi connectivity index (χ4v) is 4.17. The highest BCUT2D eigenvalue weighted by Gasteiger charge is 2.24. The maximum atomic E-state index is 10.6. The topological polar surface area (TPSA) is 37.1 Å². The van der Waals surface area contributed by atoms with Crippen molar-refractivity contribution in [2.24, 2.45) is 0 Å². The summed E-state index contributed by atoms with van der Waals surface area (Å²) in [6.45, 7) is 16.1. The minimum atomic E-state index is -0.446. The zero-order valence-corrected chi connectivity index (χ0v) is 18.7. The van der Waals surface area contributed by atoms with Crippen molar-refractivity contribution in [2.45, 2.75) is 46.6 Å². The first-order chi connectivity index (χ1) is 13.8. The summed E-state index contributed by atoms with van der Waals surface area (Å²) in [5, 5.41) is 10.6. The zero-order valence-electron chi connectivity index (χ0n) is 18.7. The van der Waals surface area contributed by atoms with Crippen LogP contribution in [-0.2, 0) is 0 Å². The van der Waals surface area contributed by atoms with E-state index in [9.17, 15) is 5.11 Å². The Hall–Kier alpha value is -2.04. The molecule has 1 fully saturated rings. The largest absolute Gasteiger partial charge is 0.490 e. The van der Waals surface area contributed by atoms with E-state index >= 15 is 0 Å². The van der Waals surface area contributed by atoms with E-state index in [1.165, 1.54) is 32.8 Å². The van der Waals surface area contributed by atoms with Crippen LogP contribution in [0.3, 0.4) is 0 Å². The number of ether oxygens (including phenoxy) is 1. The van der Waals surface area contributed by atoms with Crippen LogP contribution in [0.25, 0.3) is 0 Å². The first kappa shape index (κ1) is 21.7. The summed E-state index contributed by atoms with van der Waals surface area (Å²) >= 11 is 0. The first-order valence-electron chi connectivity index (χ1n) is 10.9. The number of benzene rings is 2. The van der Waals surface area contributed by atoms with Crippen LogP contribution >= 0.6 is 0 Å². The lowest BCUT2D eigenvalue weighted by Crippen LogP contribution is -3.16. The normalized spacial score (nSPS) is 16.3. The van der Waals surface area contributed by atoms with Gasteiger partial charge in [0.25, 0.3) is 0 Å². The molecule has 1 aliphatic heterocycles. The van der Waals surface area contributed by atoms with Gasteiger partial charge in [-0.1, -0.05) is 38.1 Å². The number of nitrogens with zero attached hydrogens (tertiary/aromatic N) is 1. The molecule has 0 aromatic heterocycles. The van der Waals surface area contributed by atoms with E-state index < -0.39 is 6.10 Å². The molecular weight excluding hydrogens is 360 g/mol. The molecule has 29 heavy (non-hydrogen) atoms. The summed E-state index contributed by atoms with van der Waals surface area (Å²) in [6.07, 6.45) is -0.446. The smallest absolute Gasteiger partial charge is 0.137 e. The molecule has 2 N–H and O–H groups in total. The van der Waals surface area contributed by atoms with Crippen molar-refractivity contribution >= 4 is 5.69 Å². The summed E-state index contributed by atoms with van der Waals surface area (Å²) in [4.78, 5) is 3.94. The summed E-state index contributed by atoms with van der Waals surface area (Å²) in [6, 6.07) is 12.9. The second-order valence-electron chi connectivity index (χ2n) is 8.82. The Labute approximate surface area is 176 Å². The lowest BCUT2D eigenvalue weighted by Gasteiger charge is -2.35. The van der Waals surface area contributed by atoms with Gasteiger partial charge < -0.3 is 19.6 Å². The highest BCUT2D eigenvalue weighted by molar-refractivity contribution is 5.56.